The monoisotopic (exact) mass is 396 g/mol. The minimum Gasteiger partial charge on any atom is -0.408 e. The molecular formula is C21H14Cl2N2O2. The van der Waals surface area contributed by atoms with E-state index in [4.69, 9.17) is 27.6 Å². The lowest BCUT2D eigenvalue weighted by Gasteiger charge is -2.14. The van der Waals surface area contributed by atoms with Gasteiger partial charge in [-0.05, 0) is 35.9 Å². The molecule has 0 amide bonds. The molecule has 0 spiro atoms. The lowest BCUT2D eigenvalue weighted by molar-refractivity contribution is 0.454. The number of rotatable bonds is 4. The van der Waals surface area contributed by atoms with Gasteiger partial charge in [0.05, 0.1) is 33.1 Å². The molecule has 4 aromatic rings. The van der Waals surface area contributed by atoms with Crippen molar-refractivity contribution in [2.24, 2.45) is 0 Å². The van der Waals surface area contributed by atoms with Gasteiger partial charge in [-0.2, -0.15) is 0 Å². The molecule has 0 aliphatic rings. The molecule has 0 aliphatic carbocycles. The van der Waals surface area contributed by atoms with Gasteiger partial charge in [0.15, 0.2) is 0 Å². The number of para-hydroxylation sites is 3. The smallest absolute Gasteiger partial charge is 0.346 e. The number of aromatic nitrogens is 1. The SMILES string of the molecule is O=c1oc(Cc2ccccc2Nc2c(Cl)cccc2Cl)nc2ccccc12. The second-order valence-electron chi connectivity index (χ2n) is 5.97. The summed E-state index contributed by atoms with van der Waals surface area (Å²) in [7, 11) is 0. The summed E-state index contributed by atoms with van der Waals surface area (Å²) in [5.74, 6) is 0.346. The highest BCUT2D eigenvalue weighted by Crippen LogP contribution is 2.34. The molecule has 0 bridgehead atoms. The Morgan fingerprint density at radius 2 is 1.59 bits per heavy atom. The molecular weight excluding hydrogens is 383 g/mol. The van der Waals surface area contributed by atoms with Crippen molar-refractivity contribution in [1.29, 1.82) is 0 Å². The van der Waals surface area contributed by atoms with Crippen molar-refractivity contribution in [1.82, 2.24) is 4.98 Å². The first-order valence-corrected chi connectivity index (χ1v) is 9.05. The fourth-order valence-electron chi connectivity index (χ4n) is 2.85. The van der Waals surface area contributed by atoms with Crippen LogP contribution in [0.3, 0.4) is 0 Å². The molecule has 3 aromatic carbocycles. The zero-order valence-corrected chi connectivity index (χ0v) is 15.6. The Kier molecular flexibility index (Phi) is 4.84. The van der Waals surface area contributed by atoms with Crippen LogP contribution in [-0.4, -0.2) is 4.98 Å². The summed E-state index contributed by atoms with van der Waals surface area (Å²) in [5, 5.41) is 4.78. The van der Waals surface area contributed by atoms with E-state index in [1.54, 1.807) is 36.4 Å². The third-order valence-corrected chi connectivity index (χ3v) is 4.79. The van der Waals surface area contributed by atoms with Crippen LogP contribution in [0.2, 0.25) is 10.0 Å². The first-order chi connectivity index (χ1) is 13.1. The minimum atomic E-state index is -0.393. The Morgan fingerprint density at radius 3 is 2.41 bits per heavy atom. The van der Waals surface area contributed by atoms with Crippen LogP contribution in [0, 0.1) is 0 Å². The maximum absolute atomic E-state index is 12.2. The largest absolute Gasteiger partial charge is 0.408 e. The van der Waals surface area contributed by atoms with Crippen molar-refractivity contribution >= 4 is 45.5 Å². The number of nitrogens with one attached hydrogen (secondary N) is 1. The summed E-state index contributed by atoms with van der Waals surface area (Å²) in [4.78, 5) is 16.7. The molecule has 6 heteroatoms. The van der Waals surface area contributed by atoms with Crippen LogP contribution in [-0.2, 0) is 6.42 Å². The van der Waals surface area contributed by atoms with Gasteiger partial charge in [-0.25, -0.2) is 9.78 Å². The van der Waals surface area contributed by atoms with Gasteiger partial charge >= 0.3 is 5.63 Å². The molecule has 134 valence electrons. The zero-order chi connectivity index (χ0) is 18.8. The fourth-order valence-corrected chi connectivity index (χ4v) is 3.34. The Balaban J connectivity index is 1.71. The Labute approximate surface area is 165 Å². The molecule has 0 radical (unpaired) electrons. The van der Waals surface area contributed by atoms with Gasteiger partial charge in [0.2, 0.25) is 5.89 Å². The summed E-state index contributed by atoms with van der Waals surface area (Å²) in [5.41, 5.74) is 2.56. The Bertz CT molecular complexity index is 1170. The zero-order valence-electron chi connectivity index (χ0n) is 14.1. The molecule has 1 aromatic heterocycles. The van der Waals surface area contributed by atoms with Crippen LogP contribution in [0.1, 0.15) is 11.5 Å². The van der Waals surface area contributed by atoms with Crippen molar-refractivity contribution < 1.29 is 4.42 Å². The number of fused-ring (bicyclic) bond motifs is 1. The lowest BCUT2D eigenvalue weighted by Crippen LogP contribution is -2.06. The molecule has 0 aliphatic heterocycles. The van der Waals surface area contributed by atoms with Crippen molar-refractivity contribution in [2.45, 2.75) is 6.42 Å². The Hall–Kier alpha value is -2.82. The Morgan fingerprint density at radius 1 is 0.889 bits per heavy atom. The highest BCUT2D eigenvalue weighted by Gasteiger charge is 2.12. The van der Waals surface area contributed by atoms with E-state index in [0.717, 1.165) is 11.3 Å². The van der Waals surface area contributed by atoms with Gasteiger partial charge in [0.25, 0.3) is 0 Å². The van der Waals surface area contributed by atoms with E-state index in [1.807, 2.05) is 30.3 Å². The van der Waals surface area contributed by atoms with Gasteiger partial charge in [-0.1, -0.05) is 59.6 Å². The summed E-state index contributed by atoms with van der Waals surface area (Å²) < 4.78 is 5.40. The molecule has 0 atom stereocenters. The predicted octanol–water partition coefficient (Wildman–Crippen LogP) is 5.83. The molecule has 0 saturated carbocycles. The normalized spacial score (nSPS) is 10.9. The van der Waals surface area contributed by atoms with Crippen LogP contribution < -0.4 is 10.9 Å². The number of nitrogens with zero attached hydrogens (tertiary/aromatic N) is 1. The molecule has 27 heavy (non-hydrogen) atoms. The van der Waals surface area contributed by atoms with Crippen LogP contribution in [0.4, 0.5) is 11.4 Å². The fraction of sp³-hybridized carbons (Fsp3) is 0.0476. The van der Waals surface area contributed by atoms with E-state index in [9.17, 15) is 4.79 Å². The summed E-state index contributed by atoms with van der Waals surface area (Å²) in [6.07, 6.45) is 0.352. The number of benzene rings is 3. The van der Waals surface area contributed by atoms with E-state index in [2.05, 4.69) is 10.3 Å². The van der Waals surface area contributed by atoms with E-state index in [-0.39, 0.29) is 0 Å². The predicted molar refractivity (Wildman–Crippen MR) is 109 cm³/mol. The number of anilines is 2. The number of hydrogen-bond donors (Lipinski definition) is 1. The average molecular weight is 397 g/mol. The van der Waals surface area contributed by atoms with Crippen molar-refractivity contribution in [3.63, 3.8) is 0 Å². The van der Waals surface area contributed by atoms with E-state index < -0.39 is 5.63 Å². The number of hydrogen-bond acceptors (Lipinski definition) is 4. The highest BCUT2D eigenvalue weighted by molar-refractivity contribution is 6.39. The average Bonchev–Trinajstić information content (AvgIpc) is 2.66. The quantitative estimate of drug-likeness (QED) is 0.471. The second kappa shape index (κ2) is 7.43. The first kappa shape index (κ1) is 17.6. The third kappa shape index (κ3) is 3.68. The minimum absolute atomic E-state index is 0.346. The number of halogens is 2. The van der Waals surface area contributed by atoms with Crippen LogP contribution in [0.25, 0.3) is 10.9 Å². The molecule has 4 nitrogen and oxygen atoms in total. The molecule has 0 unspecified atom stereocenters. The van der Waals surface area contributed by atoms with Crippen molar-refractivity contribution in [3.05, 3.63) is 98.6 Å². The van der Waals surface area contributed by atoms with Crippen molar-refractivity contribution in [2.75, 3.05) is 5.32 Å². The molecule has 4 rings (SSSR count). The molecule has 1 N–H and O–H groups in total. The highest BCUT2D eigenvalue weighted by atomic mass is 35.5. The summed E-state index contributed by atoms with van der Waals surface area (Å²) >= 11 is 12.5. The summed E-state index contributed by atoms with van der Waals surface area (Å²) in [6.45, 7) is 0. The maximum Gasteiger partial charge on any atom is 0.346 e. The third-order valence-electron chi connectivity index (χ3n) is 4.16. The van der Waals surface area contributed by atoms with Gasteiger partial charge in [-0.3, -0.25) is 0 Å². The lowest BCUT2D eigenvalue weighted by atomic mass is 10.1. The summed E-state index contributed by atoms with van der Waals surface area (Å²) in [6, 6.07) is 20.1. The van der Waals surface area contributed by atoms with E-state index in [1.165, 1.54) is 0 Å². The van der Waals surface area contributed by atoms with Gasteiger partial charge in [-0.15, -0.1) is 0 Å². The van der Waals surface area contributed by atoms with Crippen LogP contribution in [0.15, 0.2) is 75.9 Å². The molecule has 0 saturated heterocycles. The molecule has 1 heterocycles. The van der Waals surface area contributed by atoms with E-state index in [0.29, 0.717) is 38.9 Å². The van der Waals surface area contributed by atoms with Gasteiger partial charge in [0, 0.05) is 5.69 Å². The molecule has 0 fully saturated rings. The van der Waals surface area contributed by atoms with Crippen LogP contribution >= 0.6 is 23.2 Å². The van der Waals surface area contributed by atoms with Crippen molar-refractivity contribution in [3.8, 4) is 0 Å². The first-order valence-electron chi connectivity index (χ1n) is 8.29. The van der Waals surface area contributed by atoms with E-state index >= 15 is 0 Å². The standard InChI is InChI=1S/C21H14Cl2N2O2/c22-15-8-5-9-16(23)20(15)25-17-10-3-1-6-13(17)12-19-24-18-11-4-2-7-14(18)21(26)27-19/h1-11,25H,12H2. The van der Waals surface area contributed by atoms with Crippen LogP contribution in [0.5, 0.6) is 0 Å². The van der Waals surface area contributed by atoms with Gasteiger partial charge < -0.3 is 9.73 Å². The maximum atomic E-state index is 12.2. The topological polar surface area (TPSA) is 55.1 Å². The second-order valence-corrected chi connectivity index (χ2v) is 6.78. The van der Waals surface area contributed by atoms with Gasteiger partial charge in [0.1, 0.15) is 0 Å².